The number of rotatable bonds is 4. The largest absolute Gasteiger partial charge is 0.354 e. The molecule has 2 aromatic rings. The van der Waals surface area contributed by atoms with Crippen LogP contribution >= 0.6 is 15.9 Å². The second kappa shape index (κ2) is 6.17. The lowest BCUT2D eigenvalue weighted by atomic mass is 10.2. The van der Waals surface area contributed by atoms with Gasteiger partial charge >= 0.3 is 0 Å². The highest BCUT2D eigenvalue weighted by Gasteiger charge is 2.07. The fourth-order valence-electron chi connectivity index (χ4n) is 1.91. The summed E-state index contributed by atoms with van der Waals surface area (Å²) in [4.78, 5) is 28.1. The van der Waals surface area contributed by atoms with Crippen LogP contribution in [0.25, 0.3) is 10.9 Å². The average molecular weight is 338 g/mol. The van der Waals surface area contributed by atoms with Gasteiger partial charge < -0.3 is 5.32 Å². The minimum absolute atomic E-state index is 0.0668. The Kier molecular flexibility index (Phi) is 4.54. The summed E-state index contributed by atoms with van der Waals surface area (Å²) >= 11 is 3.35. The molecule has 1 amide bonds. The first-order valence-electron chi connectivity index (χ1n) is 6.41. The van der Waals surface area contributed by atoms with Gasteiger partial charge in [0.15, 0.2) is 0 Å². The molecule has 0 aliphatic rings. The van der Waals surface area contributed by atoms with Crippen LogP contribution in [0, 0.1) is 0 Å². The maximum absolute atomic E-state index is 12.3. The summed E-state index contributed by atoms with van der Waals surface area (Å²) in [5, 5.41) is 3.35. The van der Waals surface area contributed by atoms with Crippen LogP contribution in [0.5, 0.6) is 0 Å². The second-order valence-corrected chi connectivity index (χ2v) is 5.79. The maximum atomic E-state index is 12.3. The molecule has 20 heavy (non-hydrogen) atoms. The number of amides is 1. The topological polar surface area (TPSA) is 64.0 Å². The molecule has 0 spiro atoms. The zero-order chi connectivity index (χ0) is 14.7. The van der Waals surface area contributed by atoms with E-state index in [1.807, 2.05) is 13.8 Å². The second-order valence-electron chi connectivity index (χ2n) is 4.88. The number of carbonyl (C=O) groups is 1. The van der Waals surface area contributed by atoms with Crippen molar-refractivity contribution in [2.75, 3.05) is 0 Å². The monoisotopic (exact) mass is 337 g/mol. The molecule has 1 aromatic carbocycles. The van der Waals surface area contributed by atoms with E-state index in [0.29, 0.717) is 17.4 Å². The van der Waals surface area contributed by atoms with Crippen LogP contribution in [0.3, 0.4) is 0 Å². The van der Waals surface area contributed by atoms with Gasteiger partial charge in [-0.3, -0.25) is 14.2 Å². The van der Waals surface area contributed by atoms with E-state index in [0.717, 1.165) is 4.47 Å². The van der Waals surface area contributed by atoms with Crippen LogP contribution in [0.1, 0.15) is 20.3 Å². The summed E-state index contributed by atoms with van der Waals surface area (Å²) in [6.45, 7) is 4.13. The first-order chi connectivity index (χ1) is 9.47. The van der Waals surface area contributed by atoms with E-state index in [4.69, 9.17) is 0 Å². The van der Waals surface area contributed by atoms with Crippen molar-refractivity contribution in [2.24, 2.45) is 0 Å². The van der Waals surface area contributed by atoms with Gasteiger partial charge in [0.05, 0.1) is 17.2 Å². The molecule has 5 nitrogen and oxygen atoms in total. The average Bonchev–Trinajstić information content (AvgIpc) is 2.37. The van der Waals surface area contributed by atoms with Crippen molar-refractivity contribution in [1.82, 2.24) is 14.9 Å². The van der Waals surface area contributed by atoms with Gasteiger partial charge in [0, 0.05) is 23.5 Å². The third-order valence-corrected chi connectivity index (χ3v) is 3.31. The van der Waals surface area contributed by atoms with Gasteiger partial charge in [-0.1, -0.05) is 15.9 Å². The molecule has 0 saturated heterocycles. The molecule has 1 N–H and O–H groups in total. The molecular weight excluding hydrogens is 322 g/mol. The van der Waals surface area contributed by atoms with Gasteiger partial charge in [-0.05, 0) is 32.0 Å². The Morgan fingerprint density at radius 3 is 2.90 bits per heavy atom. The molecule has 2 rings (SSSR count). The molecule has 0 aliphatic carbocycles. The standard InChI is InChI=1S/C14H16BrN3O2/c1-9(2)17-13(19)5-6-18-8-16-12-7-10(15)3-4-11(12)14(18)20/h3-4,7-9H,5-6H2,1-2H3,(H,17,19). The first-order valence-corrected chi connectivity index (χ1v) is 7.21. The van der Waals surface area contributed by atoms with Crippen molar-refractivity contribution >= 4 is 32.7 Å². The lowest BCUT2D eigenvalue weighted by molar-refractivity contribution is -0.121. The molecule has 0 radical (unpaired) electrons. The van der Waals surface area contributed by atoms with Crippen molar-refractivity contribution < 1.29 is 4.79 Å². The van der Waals surface area contributed by atoms with Crippen molar-refractivity contribution in [2.45, 2.75) is 32.9 Å². The van der Waals surface area contributed by atoms with Crippen molar-refractivity contribution in [1.29, 1.82) is 0 Å². The zero-order valence-electron chi connectivity index (χ0n) is 11.4. The molecule has 1 heterocycles. The number of hydrogen-bond donors (Lipinski definition) is 1. The Labute approximate surface area is 125 Å². The molecule has 1 aromatic heterocycles. The summed E-state index contributed by atoms with van der Waals surface area (Å²) < 4.78 is 2.35. The molecule has 106 valence electrons. The summed E-state index contributed by atoms with van der Waals surface area (Å²) in [6, 6.07) is 5.44. The van der Waals surface area contributed by atoms with E-state index >= 15 is 0 Å². The summed E-state index contributed by atoms with van der Waals surface area (Å²) in [6.07, 6.45) is 1.75. The highest BCUT2D eigenvalue weighted by atomic mass is 79.9. The predicted molar refractivity (Wildman–Crippen MR) is 81.6 cm³/mol. The fourth-order valence-corrected chi connectivity index (χ4v) is 2.26. The quantitative estimate of drug-likeness (QED) is 0.928. The molecule has 0 unspecified atom stereocenters. The Morgan fingerprint density at radius 1 is 1.45 bits per heavy atom. The summed E-state index contributed by atoms with van der Waals surface area (Å²) in [5.74, 6) is -0.0668. The summed E-state index contributed by atoms with van der Waals surface area (Å²) in [5.41, 5.74) is 0.520. The number of nitrogens with one attached hydrogen (secondary N) is 1. The van der Waals surface area contributed by atoms with E-state index in [1.54, 1.807) is 18.2 Å². The number of nitrogens with zero attached hydrogens (tertiary/aromatic N) is 2. The molecular formula is C14H16BrN3O2. The van der Waals surface area contributed by atoms with Gasteiger partial charge in [-0.2, -0.15) is 0 Å². The highest BCUT2D eigenvalue weighted by molar-refractivity contribution is 9.10. The minimum atomic E-state index is -0.125. The first kappa shape index (κ1) is 14.7. The number of hydrogen-bond acceptors (Lipinski definition) is 3. The lowest BCUT2D eigenvalue weighted by Gasteiger charge is -2.09. The fraction of sp³-hybridized carbons (Fsp3) is 0.357. The van der Waals surface area contributed by atoms with Crippen molar-refractivity contribution in [3.63, 3.8) is 0 Å². The van der Waals surface area contributed by atoms with E-state index in [1.165, 1.54) is 10.9 Å². The van der Waals surface area contributed by atoms with Gasteiger partial charge in [0.2, 0.25) is 5.91 Å². The van der Waals surface area contributed by atoms with Crippen LogP contribution in [0.15, 0.2) is 33.8 Å². The van der Waals surface area contributed by atoms with Crippen molar-refractivity contribution in [3.05, 3.63) is 39.4 Å². The smallest absolute Gasteiger partial charge is 0.261 e. The Bertz CT molecular complexity index is 694. The van der Waals surface area contributed by atoms with Gasteiger partial charge in [0.25, 0.3) is 5.56 Å². The van der Waals surface area contributed by atoms with Crippen molar-refractivity contribution in [3.8, 4) is 0 Å². The predicted octanol–water partition coefficient (Wildman–Crippen LogP) is 2.07. The van der Waals surface area contributed by atoms with Gasteiger partial charge in [-0.15, -0.1) is 0 Å². The molecule has 6 heteroatoms. The van der Waals surface area contributed by atoms with Crippen LogP contribution in [0.4, 0.5) is 0 Å². The molecule has 0 aliphatic heterocycles. The molecule has 0 bridgehead atoms. The normalized spacial score (nSPS) is 11.0. The van der Waals surface area contributed by atoms with E-state index in [2.05, 4.69) is 26.2 Å². The highest BCUT2D eigenvalue weighted by Crippen LogP contribution is 2.14. The van der Waals surface area contributed by atoms with Crippen LogP contribution in [-0.4, -0.2) is 21.5 Å². The number of aromatic nitrogens is 2. The molecule has 0 fully saturated rings. The van der Waals surface area contributed by atoms with Gasteiger partial charge in [0.1, 0.15) is 0 Å². The third kappa shape index (κ3) is 3.45. The van der Waals surface area contributed by atoms with Crippen LogP contribution in [-0.2, 0) is 11.3 Å². The Balaban J connectivity index is 2.19. The summed E-state index contributed by atoms with van der Waals surface area (Å²) in [7, 11) is 0. The van der Waals surface area contributed by atoms with E-state index in [9.17, 15) is 9.59 Å². The van der Waals surface area contributed by atoms with Gasteiger partial charge in [-0.25, -0.2) is 4.98 Å². The van der Waals surface area contributed by atoms with Crippen LogP contribution < -0.4 is 10.9 Å². The maximum Gasteiger partial charge on any atom is 0.261 e. The number of carbonyl (C=O) groups excluding carboxylic acids is 1. The third-order valence-electron chi connectivity index (χ3n) is 2.82. The SMILES string of the molecule is CC(C)NC(=O)CCn1cnc2cc(Br)ccc2c1=O. The Hall–Kier alpha value is -1.69. The number of aryl methyl sites for hydroxylation is 1. The lowest BCUT2D eigenvalue weighted by Crippen LogP contribution is -2.32. The number of benzene rings is 1. The minimum Gasteiger partial charge on any atom is -0.354 e. The molecule has 0 saturated carbocycles. The van der Waals surface area contributed by atoms with Crippen LogP contribution in [0.2, 0.25) is 0 Å². The zero-order valence-corrected chi connectivity index (χ0v) is 13.0. The van der Waals surface area contributed by atoms with E-state index in [-0.39, 0.29) is 23.9 Å². The number of fused-ring (bicyclic) bond motifs is 1. The molecule has 0 atom stereocenters. The number of halogens is 1. The Morgan fingerprint density at radius 2 is 2.20 bits per heavy atom. The van der Waals surface area contributed by atoms with E-state index < -0.39 is 0 Å².